The smallest absolute Gasteiger partial charge is 0.227 e. The number of aromatic nitrogens is 2. The minimum absolute atomic E-state index is 0.0861. The van der Waals surface area contributed by atoms with Crippen LogP contribution in [0.3, 0.4) is 0 Å². The van der Waals surface area contributed by atoms with Gasteiger partial charge in [-0.05, 0) is 11.9 Å². The monoisotopic (exact) mass is 201 g/mol. The third-order valence-electron chi connectivity index (χ3n) is 2.00. The van der Waals surface area contributed by atoms with E-state index in [2.05, 4.69) is 5.10 Å². The van der Waals surface area contributed by atoms with Crippen LogP contribution in [0.5, 0.6) is 5.88 Å². The Labute approximate surface area is 80.3 Å². The van der Waals surface area contributed by atoms with E-state index in [0.717, 1.165) is 29.3 Å². The van der Waals surface area contributed by atoms with Gasteiger partial charge in [-0.3, -0.25) is 5.14 Å². The Morgan fingerprint density at radius 1 is 1.85 bits per heavy atom. The van der Waals surface area contributed by atoms with Crippen LogP contribution in [0.2, 0.25) is 0 Å². The highest BCUT2D eigenvalue weighted by atomic mass is 32.2. The first kappa shape index (κ1) is 8.86. The first-order chi connectivity index (χ1) is 6.35. The van der Waals surface area contributed by atoms with E-state index in [0.29, 0.717) is 6.61 Å². The van der Waals surface area contributed by atoms with Crippen LogP contribution in [0.4, 0.5) is 0 Å². The number of ether oxygens (including phenoxy) is 2. The number of nitrogens with two attached hydrogens (primary N) is 1. The van der Waals surface area contributed by atoms with Crippen LogP contribution in [0.15, 0.2) is 11.1 Å². The van der Waals surface area contributed by atoms with E-state index in [1.807, 2.05) is 0 Å². The van der Waals surface area contributed by atoms with Crippen molar-refractivity contribution in [2.75, 3.05) is 13.7 Å². The van der Waals surface area contributed by atoms with Crippen molar-refractivity contribution >= 4 is 11.9 Å². The molecule has 0 amide bonds. The maximum atomic E-state index is 5.46. The number of rotatable bonds is 2. The van der Waals surface area contributed by atoms with Crippen LogP contribution in [0.25, 0.3) is 0 Å². The zero-order valence-electron chi connectivity index (χ0n) is 7.27. The summed E-state index contributed by atoms with van der Waals surface area (Å²) >= 11 is 1.15. The van der Waals surface area contributed by atoms with Gasteiger partial charge in [0.25, 0.3) is 0 Å². The van der Waals surface area contributed by atoms with E-state index in [4.69, 9.17) is 14.6 Å². The van der Waals surface area contributed by atoms with Gasteiger partial charge in [-0.1, -0.05) is 0 Å². The van der Waals surface area contributed by atoms with Crippen LogP contribution >= 0.6 is 11.9 Å². The molecule has 72 valence electrons. The summed E-state index contributed by atoms with van der Waals surface area (Å²) < 4.78 is 12.4. The Balaban J connectivity index is 2.22. The lowest BCUT2D eigenvalue weighted by atomic mass is 10.3. The zero-order chi connectivity index (χ0) is 9.26. The highest BCUT2D eigenvalue weighted by Gasteiger charge is 2.22. The van der Waals surface area contributed by atoms with E-state index in [1.54, 1.807) is 18.0 Å². The molecule has 1 aliphatic heterocycles. The maximum absolute atomic E-state index is 5.46. The van der Waals surface area contributed by atoms with Gasteiger partial charge in [0.05, 0.1) is 12.7 Å². The summed E-state index contributed by atoms with van der Waals surface area (Å²) in [5.74, 6) is 0.751. The molecule has 2 heterocycles. The Morgan fingerprint density at radius 2 is 2.69 bits per heavy atom. The predicted molar refractivity (Wildman–Crippen MR) is 48.6 cm³/mol. The second kappa shape index (κ2) is 3.57. The fraction of sp³-hybridized carbons (Fsp3) is 0.571. The van der Waals surface area contributed by atoms with Crippen molar-refractivity contribution in [1.82, 2.24) is 9.78 Å². The maximum Gasteiger partial charge on any atom is 0.227 e. The standard InChI is InChI=1S/C7H11N3O2S/c1-11-5-3-10-7(12-4-5)6(13-8)2-9-10/h2,5H,3-4,8H2,1H3. The molecule has 0 fully saturated rings. The van der Waals surface area contributed by atoms with Crippen LogP contribution in [0, 0.1) is 0 Å². The fourth-order valence-electron chi connectivity index (χ4n) is 1.27. The third-order valence-corrected chi connectivity index (χ3v) is 2.54. The molecule has 2 rings (SSSR count). The lowest BCUT2D eigenvalue weighted by molar-refractivity contribution is 0.0166. The number of fused-ring (bicyclic) bond motifs is 1. The van der Waals surface area contributed by atoms with Gasteiger partial charge >= 0.3 is 0 Å². The summed E-state index contributed by atoms with van der Waals surface area (Å²) in [6.45, 7) is 1.29. The van der Waals surface area contributed by atoms with Crippen molar-refractivity contribution < 1.29 is 9.47 Å². The Bertz CT molecular complexity index is 302. The largest absolute Gasteiger partial charge is 0.474 e. The summed E-state index contributed by atoms with van der Waals surface area (Å²) in [6, 6.07) is 0. The predicted octanol–water partition coefficient (Wildman–Crippen LogP) is 0.256. The molecule has 0 saturated heterocycles. The fourth-order valence-corrected chi connectivity index (χ4v) is 1.65. The molecule has 6 heteroatoms. The number of methoxy groups -OCH3 is 1. The highest BCUT2D eigenvalue weighted by Crippen LogP contribution is 2.28. The van der Waals surface area contributed by atoms with Crippen molar-refractivity contribution in [3.8, 4) is 5.88 Å². The SMILES string of the molecule is COC1COc2c(SN)cnn2C1. The van der Waals surface area contributed by atoms with Gasteiger partial charge in [0, 0.05) is 7.11 Å². The Hall–Kier alpha value is -0.720. The van der Waals surface area contributed by atoms with Gasteiger partial charge < -0.3 is 9.47 Å². The second-order valence-electron chi connectivity index (χ2n) is 2.78. The molecule has 1 aliphatic rings. The molecular weight excluding hydrogens is 190 g/mol. The molecule has 0 aliphatic carbocycles. The average Bonchev–Trinajstić information content (AvgIpc) is 2.59. The van der Waals surface area contributed by atoms with Gasteiger partial charge in [-0.2, -0.15) is 5.10 Å². The van der Waals surface area contributed by atoms with Crippen molar-refractivity contribution in [2.45, 2.75) is 17.5 Å². The minimum atomic E-state index is 0.0861. The second-order valence-corrected chi connectivity index (χ2v) is 3.46. The van der Waals surface area contributed by atoms with Crippen molar-refractivity contribution in [1.29, 1.82) is 0 Å². The first-order valence-corrected chi connectivity index (χ1v) is 4.81. The van der Waals surface area contributed by atoms with Crippen LogP contribution in [-0.4, -0.2) is 29.6 Å². The molecule has 0 saturated carbocycles. The summed E-state index contributed by atoms with van der Waals surface area (Å²) in [5, 5.41) is 9.57. The number of hydrogen-bond donors (Lipinski definition) is 1. The minimum Gasteiger partial charge on any atom is -0.474 e. The highest BCUT2D eigenvalue weighted by molar-refractivity contribution is 7.97. The van der Waals surface area contributed by atoms with Crippen molar-refractivity contribution in [2.24, 2.45) is 5.14 Å². The van der Waals surface area contributed by atoms with Gasteiger partial charge in [0.2, 0.25) is 5.88 Å². The molecule has 2 N–H and O–H groups in total. The summed E-state index contributed by atoms with van der Waals surface area (Å²) in [6.07, 6.45) is 1.79. The lowest BCUT2D eigenvalue weighted by Crippen LogP contribution is -2.31. The van der Waals surface area contributed by atoms with Crippen LogP contribution in [-0.2, 0) is 11.3 Å². The third kappa shape index (κ3) is 1.52. The molecule has 0 bridgehead atoms. The van der Waals surface area contributed by atoms with Crippen molar-refractivity contribution in [3.05, 3.63) is 6.20 Å². The normalized spacial score (nSPS) is 20.9. The van der Waals surface area contributed by atoms with Gasteiger partial charge in [-0.15, -0.1) is 0 Å². The van der Waals surface area contributed by atoms with Gasteiger partial charge in [0.15, 0.2) is 0 Å². The Morgan fingerprint density at radius 3 is 3.38 bits per heavy atom. The van der Waals surface area contributed by atoms with Gasteiger partial charge in [-0.25, -0.2) is 4.68 Å². The molecule has 1 aromatic rings. The topological polar surface area (TPSA) is 62.3 Å². The molecular formula is C7H11N3O2S. The molecule has 0 spiro atoms. The molecule has 1 aromatic heterocycles. The molecule has 0 radical (unpaired) electrons. The average molecular weight is 201 g/mol. The number of hydrogen-bond acceptors (Lipinski definition) is 5. The van der Waals surface area contributed by atoms with Gasteiger partial charge in [0.1, 0.15) is 17.6 Å². The first-order valence-electron chi connectivity index (χ1n) is 3.93. The molecule has 5 nitrogen and oxygen atoms in total. The van der Waals surface area contributed by atoms with Crippen LogP contribution in [0.1, 0.15) is 0 Å². The van der Waals surface area contributed by atoms with E-state index < -0.39 is 0 Å². The summed E-state index contributed by atoms with van der Waals surface area (Å²) in [7, 11) is 1.67. The molecule has 13 heavy (non-hydrogen) atoms. The Kier molecular flexibility index (Phi) is 2.43. The summed E-state index contributed by atoms with van der Waals surface area (Å²) in [4.78, 5) is 0.870. The van der Waals surface area contributed by atoms with E-state index in [1.165, 1.54) is 0 Å². The van der Waals surface area contributed by atoms with E-state index in [-0.39, 0.29) is 6.10 Å². The number of nitrogens with zero attached hydrogens (tertiary/aromatic N) is 2. The summed E-state index contributed by atoms with van der Waals surface area (Å²) in [5.41, 5.74) is 0. The zero-order valence-corrected chi connectivity index (χ0v) is 8.08. The lowest BCUT2D eigenvalue weighted by Gasteiger charge is -2.23. The molecule has 0 aromatic carbocycles. The van der Waals surface area contributed by atoms with E-state index >= 15 is 0 Å². The molecule has 1 atom stereocenters. The van der Waals surface area contributed by atoms with Crippen molar-refractivity contribution in [3.63, 3.8) is 0 Å². The quantitative estimate of drug-likeness (QED) is 0.695. The van der Waals surface area contributed by atoms with Crippen LogP contribution < -0.4 is 9.88 Å². The molecule has 1 unspecified atom stereocenters. The van der Waals surface area contributed by atoms with E-state index in [9.17, 15) is 0 Å².